The number of carbonyl (C=O) groups is 1. The number of nitrogens with zero attached hydrogens (tertiary/aromatic N) is 2. The van der Waals surface area contributed by atoms with Crippen LogP contribution in [0.2, 0.25) is 18.1 Å². The van der Waals surface area contributed by atoms with Crippen molar-refractivity contribution in [2.75, 3.05) is 13.7 Å². The van der Waals surface area contributed by atoms with Crippen molar-refractivity contribution in [2.45, 2.75) is 70.9 Å². The van der Waals surface area contributed by atoms with Crippen LogP contribution in [0.5, 0.6) is 11.5 Å². The zero-order valence-corrected chi connectivity index (χ0v) is 20.8. The third kappa shape index (κ3) is 9.51. The summed E-state index contributed by atoms with van der Waals surface area (Å²) in [5.74, 6) is 0.486. The monoisotopic (exact) mass is 488 g/mol. The smallest absolute Gasteiger partial charge is 0.338 e. The Hall–Kier alpha value is -3.09. The molecule has 13 heteroatoms. The van der Waals surface area contributed by atoms with Crippen molar-refractivity contribution in [1.29, 1.82) is 0 Å². The SMILES string of the molecule is COc1cc(C(=O)OCCCCCC(O[N+](=O)[O-])O[N+](=O)[O-])ccc1O[Si](C)(C)C(C)(C)C. The predicted octanol–water partition coefficient (Wildman–Crippen LogP) is 4.54. The van der Waals surface area contributed by atoms with E-state index in [4.69, 9.17) is 13.9 Å². The van der Waals surface area contributed by atoms with Crippen LogP contribution < -0.4 is 9.16 Å². The van der Waals surface area contributed by atoms with Crippen LogP contribution in [0.15, 0.2) is 18.2 Å². The third-order valence-corrected chi connectivity index (χ3v) is 9.64. The van der Waals surface area contributed by atoms with Crippen LogP contribution in [0.1, 0.15) is 56.8 Å². The molecule has 0 saturated carbocycles. The van der Waals surface area contributed by atoms with Crippen LogP contribution in [-0.2, 0) is 14.4 Å². The van der Waals surface area contributed by atoms with Crippen molar-refractivity contribution in [3.05, 3.63) is 44.0 Å². The quantitative estimate of drug-likeness (QED) is 0.0911. The molecule has 12 nitrogen and oxygen atoms in total. The second kappa shape index (κ2) is 12.2. The molecule has 0 fully saturated rings. The summed E-state index contributed by atoms with van der Waals surface area (Å²) in [6, 6.07) is 4.88. The fourth-order valence-electron chi connectivity index (χ4n) is 2.46. The van der Waals surface area contributed by atoms with Crippen LogP contribution in [-0.4, -0.2) is 44.5 Å². The van der Waals surface area contributed by atoms with Crippen molar-refractivity contribution < 1.29 is 38.5 Å². The molecule has 0 aliphatic rings. The van der Waals surface area contributed by atoms with Crippen molar-refractivity contribution in [2.24, 2.45) is 0 Å². The van der Waals surface area contributed by atoms with E-state index < -0.39 is 30.7 Å². The van der Waals surface area contributed by atoms with E-state index in [2.05, 4.69) is 43.5 Å². The molecular weight excluding hydrogens is 456 g/mol. The molecule has 0 unspecified atom stereocenters. The molecule has 0 amide bonds. The molecule has 0 atom stereocenters. The van der Waals surface area contributed by atoms with Gasteiger partial charge in [0.1, 0.15) is 5.75 Å². The lowest BCUT2D eigenvalue weighted by molar-refractivity contribution is -0.851. The molecule has 0 aliphatic carbocycles. The highest BCUT2D eigenvalue weighted by atomic mass is 28.4. The summed E-state index contributed by atoms with van der Waals surface area (Å²) in [5, 5.41) is 18.4. The van der Waals surface area contributed by atoms with Crippen molar-refractivity contribution in [3.8, 4) is 11.5 Å². The molecule has 0 saturated heterocycles. The normalized spacial score (nSPS) is 11.6. The van der Waals surface area contributed by atoms with Crippen molar-refractivity contribution >= 4 is 14.3 Å². The van der Waals surface area contributed by atoms with Gasteiger partial charge in [-0.1, -0.05) is 20.8 Å². The van der Waals surface area contributed by atoms with E-state index in [-0.39, 0.29) is 18.1 Å². The number of carbonyl (C=O) groups excluding carboxylic acids is 1. The van der Waals surface area contributed by atoms with Crippen molar-refractivity contribution in [1.82, 2.24) is 0 Å². The molecule has 0 radical (unpaired) electrons. The number of hydrogen-bond donors (Lipinski definition) is 0. The summed E-state index contributed by atoms with van der Waals surface area (Å²) < 4.78 is 16.9. The van der Waals surface area contributed by atoms with Crippen LogP contribution in [0.4, 0.5) is 0 Å². The summed E-state index contributed by atoms with van der Waals surface area (Å²) in [6.45, 7) is 10.7. The third-order valence-electron chi connectivity index (χ3n) is 5.30. The van der Waals surface area contributed by atoms with Gasteiger partial charge in [-0.05, 0) is 62.0 Å². The highest BCUT2D eigenvalue weighted by molar-refractivity contribution is 6.74. The Balaban J connectivity index is 2.55. The van der Waals surface area contributed by atoms with Crippen LogP contribution in [0.3, 0.4) is 0 Å². The number of rotatable bonds is 14. The van der Waals surface area contributed by atoms with Gasteiger partial charge in [-0.15, -0.1) is 20.2 Å². The fraction of sp³-hybridized carbons (Fsp3) is 0.650. The standard InChI is InChI=1S/C20H32N2O10Si/c1-20(2,3)33(5,6)32-16-12-11-15(14-17(16)28-4)19(23)29-13-9-7-8-10-18(30-21(24)25)31-22(26)27/h11-12,14,18H,7-10,13H2,1-6H3. The first kappa shape index (κ1) is 27.9. The van der Waals surface area contributed by atoms with Gasteiger partial charge in [0, 0.05) is 0 Å². The van der Waals surface area contributed by atoms with Crippen LogP contribution in [0, 0.1) is 20.2 Å². The van der Waals surface area contributed by atoms with E-state index in [9.17, 15) is 25.0 Å². The lowest BCUT2D eigenvalue weighted by Crippen LogP contribution is -2.43. The van der Waals surface area contributed by atoms with E-state index in [1.807, 2.05) is 0 Å². The second-order valence-electron chi connectivity index (χ2n) is 8.80. The zero-order valence-electron chi connectivity index (χ0n) is 19.8. The van der Waals surface area contributed by atoms with Gasteiger partial charge in [-0.25, -0.2) is 4.79 Å². The lowest BCUT2D eigenvalue weighted by Gasteiger charge is -2.36. The van der Waals surface area contributed by atoms with E-state index >= 15 is 0 Å². The Kier molecular flexibility index (Phi) is 10.4. The molecule has 0 spiro atoms. The van der Waals surface area contributed by atoms with E-state index in [0.717, 1.165) is 0 Å². The topological polar surface area (TPSA) is 150 Å². The number of hydrogen-bond acceptors (Lipinski definition) is 10. The lowest BCUT2D eigenvalue weighted by atomic mass is 10.2. The van der Waals surface area contributed by atoms with Gasteiger partial charge in [-0.2, -0.15) is 0 Å². The number of ether oxygens (including phenoxy) is 2. The first-order valence-electron chi connectivity index (χ1n) is 10.4. The Morgan fingerprint density at radius 1 is 1.03 bits per heavy atom. The highest BCUT2D eigenvalue weighted by Crippen LogP contribution is 2.40. The molecule has 1 aromatic carbocycles. The summed E-state index contributed by atoms with van der Waals surface area (Å²) >= 11 is 0. The molecule has 0 heterocycles. The fourth-order valence-corrected chi connectivity index (χ4v) is 3.49. The minimum Gasteiger partial charge on any atom is -0.541 e. The largest absolute Gasteiger partial charge is 0.541 e. The maximum Gasteiger partial charge on any atom is 0.338 e. The predicted molar refractivity (Wildman–Crippen MR) is 120 cm³/mol. The first-order chi connectivity index (χ1) is 15.3. The number of benzene rings is 1. The molecule has 1 aromatic rings. The molecule has 0 N–H and O–H groups in total. The summed E-state index contributed by atoms with van der Waals surface area (Å²) in [6.07, 6.45) is -0.342. The molecule has 0 aliphatic heterocycles. The summed E-state index contributed by atoms with van der Waals surface area (Å²) in [4.78, 5) is 41.2. The molecule has 0 bridgehead atoms. The molecule has 186 valence electrons. The Morgan fingerprint density at radius 2 is 1.64 bits per heavy atom. The Labute approximate surface area is 193 Å². The first-order valence-corrected chi connectivity index (χ1v) is 13.3. The van der Waals surface area contributed by atoms with E-state index in [1.54, 1.807) is 18.2 Å². The average molecular weight is 489 g/mol. The minimum atomic E-state index is -2.09. The number of unbranched alkanes of at least 4 members (excludes halogenated alkanes) is 2. The van der Waals surface area contributed by atoms with Gasteiger partial charge in [0.15, 0.2) is 5.75 Å². The van der Waals surface area contributed by atoms with Crippen molar-refractivity contribution in [3.63, 3.8) is 0 Å². The average Bonchev–Trinajstić information content (AvgIpc) is 2.68. The Bertz CT molecular complexity index is 810. The van der Waals surface area contributed by atoms with Gasteiger partial charge in [-0.3, -0.25) is 9.68 Å². The van der Waals surface area contributed by atoms with Gasteiger partial charge in [0.25, 0.3) is 24.8 Å². The number of methoxy groups -OCH3 is 1. The summed E-state index contributed by atoms with van der Waals surface area (Å²) in [7, 11) is -0.586. The minimum absolute atomic E-state index is 0.000578. The Morgan fingerprint density at radius 3 is 2.15 bits per heavy atom. The van der Waals surface area contributed by atoms with E-state index in [1.165, 1.54) is 7.11 Å². The number of esters is 1. The van der Waals surface area contributed by atoms with Gasteiger partial charge in [0.05, 0.1) is 19.3 Å². The highest BCUT2D eigenvalue weighted by Gasteiger charge is 2.39. The maximum atomic E-state index is 12.4. The second-order valence-corrected chi connectivity index (χ2v) is 13.5. The molecule has 1 rings (SSSR count). The van der Waals surface area contributed by atoms with Gasteiger partial charge >= 0.3 is 5.97 Å². The van der Waals surface area contributed by atoms with Crippen LogP contribution in [0.25, 0.3) is 0 Å². The van der Waals surface area contributed by atoms with Gasteiger partial charge in [0.2, 0.25) is 0 Å². The molecule has 33 heavy (non-hydrogen) atoms. The summed E-state index contributed by atoms with van der Waals surface area (Å²) in [5.41, 5.74) is 0.313. The van der Waals surface area contributed by atoms with Crippen LogP contribution >= 0.6 is 0 Å². The molecule has 0 aromatic heterocycles. The zero-order chi connectivity index (χ0) is 25.2. The van der Waals surface area contributed by atoms with E-state index in [0.29, 0.717) is 36.3 Å². The molecular formula is C20H32N2O10Si. The maximum absolute atomic E-state index is 12.4. The van der Waals surface area contributed by atoms with Gasteiger partial charge < -0.3 is 13.9 Å².